The van der Waals surface area contributed by atoms with Gasteiger partial charge in [0.05, 0.1) is 34.0 Å². The molecule has 2 aromatic rings. The molecule has 2 aromatic carbocycles. The van der Waals surface area contributed by atoms with E-state index in [1.807, 2.05) is 12.1 Å². The molecule has 7 nitrogen and oxygen atoms in total. The molecule has 25 heavy (non-hydrogen) atoms. The van der Waals surface area contributed by atoms with E-state index in [0.717, 1.165) is 11.3 Å². The van der Waals surface area contributed by atoms with Gasteiger partial charge < -0.3 is 19.3 Å². The van der Waals surface area contributed by atoms with Crippen LogP contribution >= 0.6 is 0 Å². The van der Waals surface area contributed by atoms with Crippen LogP contribution in [0, 0.1) is 0 Å². The van der Waals surface area contributed by atoms with Gasteiger partial charge in [-0.1, -0.05) is 12.1 Å². The molecule has 0 saturated carbocycles. The van der Waals surface area contributed by atoms with Gasteiger partial charge in [-0.3, -0.25) is 4.79 Å². The monoisotopic (exact) mass is 344 g/mol. The number of nitrogens with one attached hydrogen (secondary N) is 1. The standard InChI is InChI=1S/C18H20N2O5/c1-23-14-6-4-12(5-7-14)10-17(21)20-19-11-13-8-15(24-2)18(22)16(9-13)25-3/h4-9,11,22H,10H2,1-3H3,(H,20,21)/b19-11+. The Morgan fingerprint density at radius 3 is 2.20 bits per heavy atom. The fourth-order valence-corrected chi connectivity index (χ4v) is 2.14. The van der Waals surface area contributed by atoms with Gasteiger partial charge in [-0.25, -0.2) is 5.43 Å². The Morgan fingerprint density at radius 2 is 1.68 bits per heavy atom. The zero-order chi connectivity index (χ0) is 18.2. The van der Waals surface area contributed by atoms with Crippen LogP contribution in [-0.2, 0) is 11.2 Å². The highest BCUT2D eigenvalue weighted by molar-refractivity contribution is 5.84. The fraction of sp³-hybridized carbons (Fsp3) is 0.222. The number of amides is 1. The van der Waals surface area contributed by atoms with E-state index >= 15 is 0 Å². The van der Waals surface area contributed by atoms with Crippen LogP contribution in [0.4, 0.5) is 0 Å². The van der Waals surface area contributed by atoms with Crippen molar-refractivity contribution in [1.82, 2.24) is 5.43 Å². The number of benzene rings is 2. The zero-order valence-corrected chi connectivity index (χ0v) is 14.3. The first kappa shape index (κ1) is 18.1. The van der Waals surface area contributed by atoms with Crippen LogP contribution in [0.2, 0.25) is 0 Å². The number of nitrogens with zero attached hydrogens (tertiary/aromatic N) is 1. The average molecular weight is 344 g/mol. The van der Waals surface area contributed by atoms with Crippen LogP contribution in [-0.4, -0.2) is 38.6 Å². The predicted molar refractivity (Wildman–Crippen MR) is 93.6 cm³/mol. The van der Waals surface area contributed by atoms with Crippen LogP contribution in [0.5, 0.6) is 23.0 Å². The van der Waals surface area contributed by atoms with Crippen molar-refractivity contribution >= 4 is 12.1 Å². The number of hydrazone groups is 1. The minimum absolute atomic E-state index is 0.0920. The number of methoxy groups -OCH3 is 3. The van der Waals surface area contributed by atoms with E-state index in [1.165, 1.54) is 20.4 Å². The summed E-state index contributed by atoms with van der Waals surface area (Å²) in [5.41, 5.74) is 3.91. The Kier molecular flexibility index (Phi) is 6.22. The van der Waals surface area contributed by atoms with Crippen LogP contribution < -0.4 is 19.6 Å². The van der Waals surface area contributed by atoms with E-state index in [1.54, 1.807) is 31.4 Å². The summed E-state index contributed by atoms with van der Waals surface area (Å²) in [6.45, 7) is 0. The first-order chi connectivity index (χ1) is 12.1. The maximum atomic E-state index is 11.9. The van der Waals surface area contributed by atoms with Crippen LogP contribution in [0.15, 0.2) is 41.5 Å². The number of aromatic hydroxyl groups is 1. The van der Waals surface area contributed by atoms with Crippen molar-refractivity contribution in [3.8, 4) is 23.0 Å². The third-order valence-electron chi connectivity index (χ3n) is 3.43. The van der Waals surface area contributed by atoms with E-state index in [2.05, 4.69) is 10.5 Å². The average Bonchev–Trinajstić information content (AvgIpc) is 2.63. The Labute approximate surface area is 145 Å². The van der Waals surface area contributed by atoms with Gasteiger partial charge in [0.2, 0.25) is 11.7 Å². The first-order valence-corrected chi connectivity index (χ1v) is 7.47. The van der Waals surface area contributed by atoms with Gasteiger partial charge in [0.1, 0.15) is 5.75 Å². The number of hydrogen-bond acceptors (Lipinski definition) is 6. The van der Waals surface area contributed by atoms with Crippen molar-refractivity contribution in [2.75, 3.05) is 21.3 Å². The van der Waals surface area contributed by atoms with Gasteiger partial charge in [0, 0.05) is 5.56 Å². The number of phenolic OH excluding ortho intramolecular Hbond substituents is 1. The highest BCUT2D eigenvalue weighted by Crippen LogP contribution is 2.36. The Hall–Kier alpha value is -3.22. The lowest BCUT2D eigenvalue weighted by molar-refractivity contribution is -0.120. The maximum absolute atomic E-state index is 11.9. The lowest BCUT2D eigenvalue weighted by Gasteiger charge is -2.09. The molecule has 2 N–H and O–H groups in total. The van der Waals surface area contributed by atoms with E-state index < -0.39 is 0 Å². The van der Waals surface area contributed by atoms with Crippen molar-refractivity contribution in [1.29, 1.82) is 0 Å². The third-order valence-corrected chi connectivity index (χ3v) is 3.43. The quantitative estimate of drug-likeness (QED) is 0.593. The van der Waals surface area contributed by atoms with E-state index in [9.17, 15) is 9.90 Å². The molecule has 0 saturated heterocycles. The number of hydrogen-bond donors (Lipinski definition) is 2. The highest BCUT2D eigenvalue weighted by Gasteiger charge is 2.10. The molecule has 2 rings (SSSR count). The third kappa shape index (κ3) is 4.87. The molecule has 0 atom stereocenters. The first-order valence-electron chi connectivity index (χ1n) is 7.47. The van der Waals surface area contributed by atoms with Crippen molar-refractivity contribution in [3.63, 3.8) is 0 Å². The summed E-state index contributed by atoms with van der Waals surface area (Å²) in [7, 11) is 4.46. The minimum Gasteiger partial charge on any atom is -0.502 e. The molecule has 0 aromatic heterocycles. The SMILES string of the molecule is COc1ccc(CC(=O)N/N=C/c2cc(OC)c(O)c(OC)c2)cc1. The summed E-state index contributed by atoms with van der Waals surface area (Å²) in [6, 6.07) is 10.4. The maximum Gasteiger partial charge on any atom is 0.244 e. The highest BCUT2D eigenvalue weighted by atomic mass is 16.5. The lowest BCUT2D eigenvalue weighted by atomic mass is 10.1. The molecular formula is C18H20N2O5. The van der Waals surface area contributed by atoms with E-state index in [-0.39, 0.29) is 29.6 Å². The smallest absolute Gasteiger partial charge is 0.244 e. The predicted octanol–water partition coefficient (Wildman–Crippen LogP) is 2.11. The van der Waals surface area contributed by atoms with Crippen molar-refractivity contribution in [3.05, 3.63) is 47.5 Å². The molecule has 0 aliphatic heterocycles. The summed E-state index contributed by atoms with van der Waals surface area (Å²) >= 11 is 0. The number of carbonyl (C=O) groups excluding carboxylic acids is 1. The second-order valence-corrected chi connectivity index (χ2v) is 5.09. The molecule has 0 heterocycles. The molecule has 132 valence electrons. The minimum atomic E-state index is -0.251. The van der Waals surface area contributed by atoms with Crippen molar-refractivity contribution in [2.24, 2.45) is 5.10 Å². The molecular weight excluding hydrogens is 324 g/mol. The van der Waals surface area contributed by atoms with E-state index in [0.29, 0.717) is 5.56 Å². The fourth-order valence-electron chi connectivity index (χ4n) is 2.14. The van der Waals surface area contributed by atoms with Crippen LogP contribution in [0.1, 0.15) is 11.1 Å². The van der Waals surface area contributed by atoms with Gasteiger partial charge >= 0.3 is 0 Å². The normalized spacial score (nSPS) is 10.5. The second kappa shape index (κ2) is 8.58. The van der Waals surface area contributed by atoms with Gasteiger partial charge in [0.15, 0.2) is 11.5 Å². The molecule has 1 amide bonds. The zero-order valence-electron chi connectivity index (χ0n) is 14.3. The summed E-state index contributed by atoms with van der Waals surface area (Å²) in [5.74, 6) is 0.901. The van der Waals surface area contributed by atoms with Gasteiger partial charge in [0.25, 0.3) is 0 Å². The Morgan fingerprint density at radius 1 is 1.08 bits per heavy atom. The molecule has 0 spiro atoms. The summed E-state index contributed by atoms with van der Waals surface area (Å²) in [4.78, 5) is 11.9. The molecule has 0 bridgehead atoms. The summed E-state index contributed by atoms with van der Waals surface area (Å²) in [5, 5.41) is 13.8. The van der Waals surface area contributed by atoms with Crippen molar-refractivity contribution in [2.45, 2.75) is 6.42 Å². The molecule has 0 radical (unpaired) electrons. The summed E-state index contributed by atoms with van der Waals surface area (Å²) in [6.07, 6.45) is 1.64. The van der Waals surface area contributed by atoms with Gasteiger partial charge in [-0.15, -0.1) is 0 Å². The second-order valence-electron chi connectivity index (χ2n) is 5.09. The molecule has 0 fully saturated rings. The molecule has 0 unspecified atom stereocenters. The number of rotatable bonds is 7. The topological polar surface area (TPSA) is 89.4 Å². The van der Waals surface area contributed by atoms with Crippen LogP contribution in [0.3, 0.4) is 0 Å². The van der Waals surface area contributed by atoms with Gasteiger partial charge in [-0.2, -0.15) is 5.10 Å². The molecule has 0 aliphatic carbocycles. The lowest BCUT2D eigenvalue weighted by Crippen LogP contribution is -2.19. The number of ether oxygens (including phenoxy) is 3. The Bertz CT molecular complexity index is 732. The van der Waals surface area contributed by atoms with Crippen molar-refractivity contribution < 1.29 is 24.1 Å². The Balaban J connectivity index is 1.98. The number of phenols is 1. The molecule has 0 aliphatic rings. The number of carbonyl (C=O) groups is 1. The van der Waals surface area contributed by atoms with Crippen LogP contribution in [0.25, 0.3) is 0 Å². The van der Waals surface area contributed by atoms with E-state index in [4.69, 9.17) is 14.2 Å². The molecule has 7 heteroatoms. The largest absolute Gasteiger partial charge is 0.502 e. The summed E-state index contributed by atoms with van der Waals surface area (Å²) < 4.78 is 15.2. The van der Waals surface area contributed by atoms with Gasteiger partial charge in [-0.05, 0) is 29.8 Å².